The Balaban J connectivity index is 1.42. The molecule has 2 N–H and O–H groups in total. The maximum atomic E-state index is 13.5. The summed E-state index contributed by atoms with van der Waals surface area (Å²) < 4.78 is 0. The summed E-state index contributed by atoms with van der Waals surface area (Å²) in [6.45, 7) is 10.3. The molecule has 0 bridgehead atoms. The zero-order valence-electron chi connectivity index (χ0n) is 19.9. The normalized spacial score (nSPS) is 29.4. The molecule has 1 saturated carbocycles. The number of amides is 1. The third-order valence-corrected chi connectivity index (χ3v) is 8.42. The van der Waals surface area contributed by atoms with Crippen LogP contribution >= 0.6 is 11.8 Å². The lowest BCUT2D eigenvalue weighted by atomic mass is 9.36. The van der Waals surface area contributed by atoms with E-state index in [0.29, 0.717) is 5.92 Å². The fourth-order valence-electron chi connectivity index (χ4n) is 6.71. The van der Waals surface area contributed by atoms with Gasteiger partial charge in [0.25, 0.3) is 5.91 Å². The van der Waals surface area contributed by atoms with Crippen molar-refractivity contribution in [3.05, 3.63) is 112 Å². The molecule has 3 aliphatic rings. The number of nitrogens with zero attached hydrogens (tertiary/aromatic N) is 1. The number of amidine groups is 1. The molecule has 3 aliphatic carbocycles. The monoisotopic (exact) mass is 466 g/mol. The number of carbonyl (C=O) groups excluding carboxylic acids is 1. The van der Waals surface area contributed by atoms with Crippen molar-refractivity contribution in [1.82, 2.24) is 0 Å². The minimum absolute atomic E-state index is 0.0259. The number of thioether (sulfide) groups is 1. The van der Waals surface area contributed by atoms with E-state index in [1.54, 1.807) is 0 Å². The molecule has 0 heterocycles. The molecule has 172 valence electrons. The van der Waals surface area contributed by atoms with Crippen molar-refractivity contribution in [3.63, 3.8) is 0 Å². The standard InChI is InChI=1S/C30H30N2OS/c1-5-10-22-21(6-2)25-23-13-7-8-14-24(23)30(25)18-29(4,26(22)30)27(33)32-28(31)34-16-15-20-12-9-11-19(3)17-20/h5-17,25-26H,2,18H2,1,3-4H3,(H2,31,32,33)/b10-5-,16-15+. The van der Waals surface area contributed by atoms with Gasteiger partial charge in [0.1, 0.15) is 0 Å². The van der Waals surface area contributed by atoms with Crippen LogP contribution in [-0.2, 0) is 10.2 Å². The van der Waals surface area contributed by atoms with Crippen molar-refractivity contribution < 1.29 is 4.79 Å². The van der Waals surface area contributed by atoms with Crippen LogP contribution in [0.3, 0.4) is 0 Å². The summed E-state index contributed by atoms with van der Waals surface area (Å²) >= 11 is 1.28. The summed E-state index contributed by atoms with van der Waals surface area (Å²) in [4.78, 5) is 17.9. The summed E-state index contributed by atoms with van der Waals surface area (Å²) in [5.74, 6) is 0.264. The van der Waals surface area contributed by atoms with E-state index in [0.717, 1.165) is 12.0 Å². The van der Waals surface area contributed by atoms with Gasteiger partial charge in [0.05, 0.1) is 5.41 Å². The van der Waals surface area contributed by atoms with E-state index in [-0.39, 0.29) is 22.4 Å². The van der Waals surface area contributed by atoms with Gasteiger partial charge in [-0.2, -0.15) is 4.99 Å². The summed E-state index contributed by atoms with van der Waals surface area (Å²) in [5, 5.41) is 2.17. The van der Waals surface area contributed by atoms with Crippen LogP contribution in [0.5, 0.6) is 0 Å². The van der Waals surface area contributed by atoms with Gasteiger partial charge in [-0.1, -0.05) is 97.6 Å². The number of hydrogen-bond acceptors (Lipinski definition) is 2. The second kappa shape index (κ2) is 8.28. The van der Waals surface area contributed by atoms with Crippen molar-refractivity contribution in [2.75, 3.05) is 0 Å². The van der Waals surface area contributed by atoms with E-state index < -0.39 is 5.41 Å². The zero-order chi connectivity index (χ0) is 24.1. The zero-order valence-corrected chi connectivity index (χ0v) is 20.7. The first-order valence-corrected chi connectivity index (χ1v) is 12.6. The van der Waals surface area contributed by atoms with Crippen LogP contribution in [0, 0.1) is 18.3 Å². The summed E-state index contributed by atoms with van der Waals surface area (Å²) in [6.07, 6.45) is 8.99. The Hall–Kier alpha value is -3.11. The highest BCUT2D eigenvalue weighted by Gasteiger charge is 2.76. The Morgan fingerprint density at radius 1 is 1.18 bits per heavy atom. The molecule has 2 aromatic carbocycles. The molecule has 4 unspecified atom stereocenters. The van der Waals surface area contributed by atoms with Crippen molar-refractivity contribution in [1.29, 1.82) is 0 Å². The van der Waals surface area contributed by atoms with Gasteiger partial charge < -0.3 is 5.73 Å². The highest BCUT2D eigenvalue weighted by Crippen LogP contribution is 2.79. The first-order valence-electron chi connectivity index (χ1n) is 11.7. The topological polar surface area (TPSA) is 55.5 Å². The van der Waals surface area contributed by atoms with Crippen LogP contribution in [0.2, 0.25) is 0 Å². The van der Waals surface area contributed by atoms with Gasteiger partial charge in [-0.3, -0.25) is 4.79 Å². The predicted octanol–water partition coefficient (Wildman–Crippen LogP) is 6.67. The lowest BCUT2D eigenvalue weighted by Crippen LogP contribution is -2.65. The third kappa shape index (κ3) is 3.12. The van der Waals surface area contributed by atoms with Crippen LogP contribution in [0.4, 0.5) is 0 Å². The molecule has 34 heavy (non-hydrogen) atoms. The Bertz CT molecular complexity index is 1320. The number of hydrogen-bond donors (Lipinski definition) is 1. The average molecular weight is 467 g/mol. The molecular weight excluding hydrogens is 436 g/mol. The fraction of sp³-hybridized carbons (Fsp3) is 0.267. The van der Waals surface area contributed by atoms with Gasteiger partial charge in [0, 0.05) is 17.3 Å². The minimum Gasteiger partial charge on any atom is -0.378 e. The quantitative estimate of drug-likeness (QED) is 0.395. The first-order chi connectivity index (χ1) is 16.4. The third-order valence-electron chi connectivity index (χ3n) is 7.81. The SMILES string of the molecule is C=CC1=C(/C=C\C)C2C(C)(C(=O)N=C(N)S/C=C/c3cccc(C)c3)CC23c2ccccc2C13. The molecule has 1 amide bonds. The molecule has 3 nitrogen and oxygen atoms in total. The number of fused-ring (bicyclic) bond motifs is 2. The van der Waals surface area contributed by atoms with Gasteiger partial charge in [-0.05, 0) is 59.6 Å². The highest BCUT2D eigenvalue weighted by atomic mass is 32.2. The molecule has 0 saturated heterocycles. The molecule has 0 aliphatic heterocycles. The second-order valence-electron chi connectivity index (χ2n) is 9.79. The lowest BCUT2D eigenvalue weighted by molar-refractivity contribution is -0.144. The maximum absolute atomic E-state index is 13.5. The van der Waals surface area contributed by atoms with Crippen molar-refractivity contribution in [2.45, 2.75) is 38.5 Å². The molecule has 4 atom stereocenters. The molecular formula is C30H30N2OS. The van der Waals surface area contributed by atoms with Crippen molar-refractivity contribution >= 4 is 28.9 Å². The number of allylic oxidation sites excluding steroid dienone is 5. The maximum Gasteiger partial charge on any atom is 0.254 e. The molecule has 4 heteroatoms. The highest BCUT2D eigenvalue weighted by molar-refractivity contribution is 8.16. The number of benzene rings is 2. The minimum atomic E-state index is -0.586. The van der Waals surface area contributed by atoms with Gasteiger partial charge in [-0.25, -0.2) is 0 Å². The predicted molar refractivity (Wildman–Crippen MR) is 144 cm³/mol. The van der Waals surface area contributed by atoms with E-state index >= 15 is 0 Å². The van der Waals surface area contributed by atoms with E-state index in [9.17, 15) is 4.79 Å². The average Bonchev–Trinajstić information content (AvgIpc) is 2.99. The van der Waals surface area contributed by atoms with E-state index in [1.807, 2.05) is 36.6 Å². The molecule has 5 rings (SSSR count). The fourth-order valence-corrected chi connectivity index (χ4v) is 7.21. The molecule has 0 radical (unpaired) electrons. The number of aliphatic imine (C=N–C) groups is 1. The van der Waals surface area contributed by atoms with Crippen molar-refractivity contribution in [2.24, 2.45) is 22.1 Å². The second-order valence-corrected chi connectivity index (χ2v) is 10.7. The van der Waals surface area contributed by atoms with Crippen LogP contribution in [0.1, 0.15) is 48.4 Å². The van der Waals surface area contributed by atoms with E-state index in [4.69, 9.17) is 5.73 Å². The Morgan fingerprint density at radius 3 is 2.71 bits per heavy atom. The van der Waals surface area contributed by atoms with Crippen LogP contribution in [-0.4, -0.2) is 11.1 Å². The number of aryl methyl sites for hydroxylation is 1. The summed E-state index contributed by atoms with van der Waals surface area (Å²) in [5.41, 5.74) is 13.1. The van der Waals surface area contributed by atoms with Crippen molar-refractivity contribution in [3.8, 4) is 0 Å². The number of carbonyl (C=O) groups is 1. The Labute approximate surface area is 206 Å². The van der Waals surface area contributed by atoms with Gasteiger partial charge in [0.15, 0.2) is 5.17 Å². The van der Waals surface area contributed by atoms with Gasteiger partial charge >= 0.3 is 0 Å². The Kier molecular flexibility index (Phi) is 5.52. The molecule has 0 aromatic heterocycles. The number of nitrogens with two attached hydrogens (primary N) is 1. The first kappa shape index (κ1) is 22.7. The van der Waals surface area contributed by atoms with Crippen LogP contribution in [0.25, 0.3) is 6.08 Å². The summed E-state index contributed by atoms with van der Waals surface area (Å²) in [7, 11) is 0. The van der Waals surface area contributed by atoms with E-state index in [1.165, 1.54) is 39.6 Å². The Morgan fingerprint density at radius 2 is 1.97 bits per heavy atom. The van der Waals surface area contributed by atoms with E-state index in [2.05, 4.69) is 74.0 Å². The van der Waals surface area contributed by atoms with Gasteiger partial charge in [-0.15, -0.1) is 0 Å². The molecule has 1 spiro atoms. The van der Waals surface area contributed by atoms with Gasteiger partial charge in [0.2, 0.25) is 0 Å². The summed E-state index contributed by atoms with van der Waals surface area (Å²) in [6, 6.07) is 16.9. The largest absolute Gasteiger partial charge is 0.378 e. The molecule has 2 aromatic rings. The lowest BCUT2D eigenvalue weighted by Gasteiger charge is -2.65. The smallest absolute Gasteiger partial charge is 0.254 e. The van der Waals surface area contributed by atoms with Crippen LogP contribution in [0.15, 0.2) is 94.9 Å². The number of rotatable bonds is 5. The van der Waals surface area contributed by atoms with Crippen LogP contribution < -0.4 is 5.73 Å². The molecule has 1 fully saturated rings.